The van der Waals surface area contributed by atoms with Gasteiger partial charge in [-0.2, -0.15) is 0 Å². The highest BCUT2D eigenvalue weighted by Crippen LogP contribution is 2.33. The van der Waals surface area contributed by atoms with Crippen LogP contribution in [0.1, 0.15) is 20.8 Å². The molecule has 1 unspecified atom stereocenters. The second kappa shape index (κ2) is 8.41. The SMILES string of the molecule is CC(C)Sc1ccc(Cl)cc1NC(=O)C(C)S(=O)(=O)c1ccc(F)cc1. The van der Waals surface area contributed by atoms with E-state index in [-0.39, 0.29) is 10.1 Å². The number of rotatable bonds is 6. The Morgan fingerprint density at radius 2 is 1.73 bits per heavy atom. The average Bonchev–Trinajstić information content (AvgIpc) is 2.56. The van der Waals surface area contributed by atoms with Gasteiger partial charge in [-0.3, -0.25) is 4.79 Å². The summed E-state index contributed by atoms with van der Waals surface area (Å²) in [4.78, 5) is 13.2. The fraction of sp³-hybridized carbons (Fsp3) is 0.278. The van der Waals surface area contributed by atoms with Crippen molar-refractivity contribution in [1.29, 1.82) is 0 Å². The van der Waals surface area contributed by atoms with E-state index in [0.29, 0.717) is 10.7 Å². The zero-order valence-corrected chi connectivity index (χ0v) is 16.9. The normalized spacial score (nSPS) is 12.8. The molecule has 2 rings (SSSR count). The number of benzene rings is 2. The van der Waals surface area contributed by atoms with Crippen molar-refractivity contribution < 1.29 is 17.6 Å². The average molecular weight is 416 g/mol. The molecule has 0 saturated heterocycles. The van der Waals surface area contributed by atoms with Gasteiger partial charge in [0.2, 0.25) is 5.91 Å². The number of anilines is 1. The third-order valence-corrected chi connectivity index (χ3v) is 6.93. The third kappa shape index (κ3) is 4.99. The van der Waals surface area contributed by atoms with Crippen LogP contribution in [0.5, 0.6) is 0 Å². The first-order valence-corrected chi connectivity index (χ1v) is 10.7. The number of halogens is 2. The van der Waals surface area contributed by atoms with Crippen LogP contribution in [0, 0.1) is 5.82 Å². The van der Waals surface area contributed by atoms with Crippen LogP contribution in [0.2, 0.25) is 5.02 Å². The maximum atomic E-state index is 13.0. The molecule has 0 aliphatic rings. The molecule has 1 N–H and O–H groups in total. The van der Waals surface area contributed by atoms with Gasteiger partial charge in [0.05, 0.1) is 10.6 Å². The molecule has 4 nitrogen and oxygen atoms in total. The van der Waals surface area contributed by atoms with E-state index in [2.05, 4.69) is 5.32 Å². The van der Waals surface area contributed by atoms with Crippen molar-refractivity contribution in [1.82, 2.24) is 0 Å². The van der Waals surface area contributed by atoms with E-state index < -0.39 is 26.8 Å². The molecule has 8 heteroatoms. The lowest BCUT2D eigenvalue weighted by Gasteiger charge is -2.16. The summed E-state index contributed by atoms with van der Waals surface area (Å²) in [5, 5.41) is 2.01. The molecule has 0 aliphatic carbocycles. The van der Waals surface area contributed by atoms with Gasteiger partial charge in [0.25, 0.3) is 0 Å². The molecule has 0 fully saturated rings. The lowest BCUT2D eigenvalue weighted by Crippen LogP contribution is -2.32. The van der Waals surface area contributed by atoms with Crippen molar-refractivity contribution in [3.05, 3.63) is 53.3 Å². The Hall–Kier alpha value is -1.57. The van der Waals surface area contributed by atoms with Gasteiger partial charge in [-0.25, -0.2) is 12.8 Å². The number of sulfone groups is 1. The van der Waals surface area contributed by atoms with Crippen LogP contribution >= 0.6 is 23.4 Å². The molecule has 0 aliphatic heterocycles. The van der Waals surface area contributed by atoms with E-state index in [1.807, 2.05) is 13.8 Å². The highest BCUT2D eigenvalue weighted by Gasteiger charge is 2.30. The first-order valence-electron chi connectivity index (χ1n) is 7.88. The van der Waals surface area contributed by atoms with Gasteiger partial charge in [0, 0.05) is 15.2 Å². The van der Waals surface area contributed by atoms with E-state index in [4.69, 9.17) is 11.6 Å². The van der Waals surface area contributed by atoms with Crippen molar-refractivity contribution in [2.24, 2.45) is 0 Å². The molecule has 0 radical (unpaired) electrons. The second-order valence-electron chi connectivity index (χ2n) is 5.94. The third-order valence-electron chi connectivity index (χ3n) is 3.54. The van der Waals surface area contributed by atoms with Crippen LogP contribution in [0.15, 0.2) is 52.3 Å². The summed E-state index contributed by atoms with van der Waals surface area (Å²) in [6, 6.07) is 9.46. The van der Waals surface area contributed by atoms with Crippen molar-refractivity contribution in [2.45, 2.75) is 41.1 Å². The summed E-state index contributed by atoms with van der Waals surface area (Å²) in [6.07, 6.45) is 0. The van der Waals surface area contributed by atoms with Crippen LogP contribution in [0.25, 0.3) is 0 Å². The van der Waals surface area contributed by atoms with Gasteiger partial charge in [-0.1, -0.05) is 25.4 Å². The predicted molar refractivity (Wildman–Crippen MR) is 104 cm³/mol. The fourth-order valence-electron chi connectivity index (χ4n) is 2.16. The van der Waals surface area contributed by atoms with Gasteiger partial charge >= 0.3 is 0 Å². The molecule has 0 heterocycles. The highest BCUT2D eigenvalue weighted by atomic mass is 35.5. The Kier molecular flexibility index (Phi) is 6.71. The molecule has 1 atom stereocenters. The minimum Gasteiger partial charge on any atom is -0.324 e. The Morgan fingerprint density at radius 1 is 1.12 bits per heavy atom. The first kappa shape index (κ1) is 20.7. The summed E-state index contributed by atoms with van der Waals surface area (Å²) < 4.78 is 38.2. The van der Waals surface area contributed by atoms with Gasteiger partial charge in [0.1, 0.15) is 11.1 Å². The van der Waals surface area contributed by atoms with Gasteiger partial charge in [-0.05, 0) is 49.4 Å². The van der Waals surface area contributed by atoms with Crippen LogP contribution in [0.3, 0.4) is 0 Å². The molecule has 0 bridgehead atoms. The first-order chi connectivity index (χ1) is 12.1. The smallest absolute Gasteiger partial charge is 0.242 e. The van der Waals surface area contributed by atoms with E-state index >= 15 is 0 Å². The second-order valence-corrected chi connectivity index (χ2v) is 10.3. The minimum absolute atomic E-state index is 0.107. The van der Waals surface area contributed by atoms with Crippen LogP contribution < -0.4 is 5.32 Å². The molecule has 0 saturated carbocycles. The quantitative estimate of drug-likeness (QED) is 0.544. The summed E-state index contributed by atoms with van der Waals surface area (Å²) in [6.45, 7) is 5.31. The van der Waals surface area contributed by atoms with Gasteiger partial charge in [-0.15, -0.1) is 11.8 Å². The van der Waals surface area contributed by atoms with Crippen molar-refractivity contribution in [3.8, 4) is 0 Å². The lowest BCUT2D eigenvalue weighted by molar-refractivity contribution is -0.115. The number of nitrogens with one attached hydrogen (secondary N) is 1. The minimum atomic E-state index is -3.94. The Balaban J connectivity index is 2.26. The largest absolute Gasteiger partial charge is 0.324 e. The van der Waals surface area contributed by atoms with Gasteiger partial charge in [0.15, 0.2) is 9.84 Å². The topological polar surface area (TPSA) is 63.2 Å². The predicted octanol–water partition coefficient (Wildman–Crippen LogP) is 4.78. The summed E-state index contributed by atoms with van der Waals surface area (Å²) in [5.74, 6) is -1.22. The Labute approximate surface area is 162 Å². The molecule has 2 aromatic carbocycles. The number of carbonyl (C=O) groups is 1. The molecule has 26 heavy (non-hydrogen) atoms. The van der Waals surface area contributed by atoms with Crippen molar-refractivity contribution in [3.63, 3.8) is 0 Å². The van der Waals surface area contributed by atoms with E-state index in [1.165, 1.54) is 18.7 Å². The maximum absolute atomic E-state index is 13.0. The maximum Gasteiger partial charge on any atom is 0.242 e. The van der Waals surface area contributed by atoms with E-state index in [9.17, 15) is 17.6 Å². The number of amides is 1. The molecule has 0 aromatic heterocycles. The van der Waals surface area contributed by atoms with E-state index in [0.717, 1.165) is 29.2 Å². The fourth-order valence-corrected chi connectivity index (χ4v) is 4.49. The molecule has 2 aromatic rings. The zero-order chi connectivity index (χ0) is 19.5. The van der Waals surface area contributed by atoms with Crippen LogP contribution in [-0.4, -0.2) is 24.8 Å². The number of hydrogen-bond acceptors (Lipinski definition) is 4. The van der Waals surface area contributed by atoms with Crippen LogP contribution in [0.4, 0.5) is 10.1 Å². The van der Waals surface area contributed by atoms with Gasteiger partial charge < -0.3 is 5.32 Å². The number of carbonyl (C=O) groups excluding carboxylic acids is 1. The molecule has 0 spiro atoms. The molecular formula is C18H19ClFNO3S2. The molecule has 1 amide bonds. The van der Waals surface area contributed by atoms with Crippen molar-refractivity contribution >= 4 is 44.8 Å². The highest BCUT2D eigenvalue weighted by molar-refractivity contribution is 8.00. The van der Waals surface area contributed by atoms with E-state index in [1.54, 1.807) is 18.2 Å². The zero-order valence-electron chi connectivity index (χ0n) is 14.5. The monoisotopic (exact) mass is 415 g/mol. The Bertz CT molecular complexity index is 899. The molecule has 140 valence electrons. The number of hydrogen-bond donors (Lipinski definition) is 1. The standard InChI is InChI=1S/C18H19ClFNO3S2/c1-11(2)25-17-9-4-13(19)10-16(17)21-18(22)12(3)26(23,24)15-7-5-14(20)6-8-15/h4-12H,1-3H3,(H,21,22). The number of thioether (sulfide) groups is 1. The molecular weight excluding hydrogens is 397 g/mol. The lowest BCUT2D eigenvalue weighted by atomic mass is 10.3. The van der Waals surface area contributed by atoms with Crippen LogP contribution in [-0.2, 0) is 14.6 Å². The summed E-state index contributed by atoms with van der Waals surface area (Å²) in [5.41, 5.74) is 0.461. The summed E-state index contributed by atoms with van der Waals surface area (Å²) in [7, 11) is -3.94. The van der Waals surface area contributed by atoms with Crippen molar-refractivity contribution in [2.75, 3.05) is 5.32 Å². The summed E-state index contributed by atoms with van der Waals surface area (Å²) >= 11 is 7.53. The Morgan fingerprint density at radius 3 is 2.31 bits per heavy atom.